The van der Waals surface area contributed by atoms with Gasteiger partial charge in [0.05, 0.1) is 0 Å². The van der Waals surface area contributed by atoms with Gasteiger partial charge in [0, 0.05) is 24.3 Å². The van der Waals surface area contributed by atoms with Gasteiger partial charge in [0.2, 0.25) is 6.08 Å². The second kappa shape index (κ2) is 5.73. The number of amides is 2. The van der Waals surface area contributed by atoms with Crippen LogP contribution in [0.25, 0.3) is 0 Å². The Balaban J connectivity index is 2.08. The fraction of sp³-hybridized carbons (Fsp3) is 0.438. The highest BCUT2D eigenvalue weighted by Crippen LogP contribution is 2.45. The van der Waals surface area contributed by atoms with Crippen LogP contribution in [0.5, 0.6) is 0 Å². The van der Waals surface area contributed by atoms with E-state index in [9.17, 15) is 14.4 Å². The lowest BCUT2D eigenvalue weighted by molar-refractivity contribution is -0.138. The maximum absolute atomic E-state index is 12.2. The molecule has 6 nitrogen and oxygen atoms in total. The van der Waals surface area contributed by atoms with Crippen molar-refractivity contribution >= 4 is 23.6 Å². The number of nitrogens with zero attached hydrogens (tertiary/aromatic N) is 2. The molecule has 2 amide bonds. The normalized spacial score (nSPS) is 20.5. The minimum Gasteiger partial charge on any atom is -0.346 e. The van der Waals surface area contributed by atoms with Gasteiger partial charge >= 0.3 is 11.8 Å². The van der Waals surface area contributed by atoms with Crippen LogP contribution in [0.3, 0.4) is 0 Å². The quantitative estimate of drug-likeness (QED) is 0.518. The van der Waals surface area contributed by atoms with E-state index in [2.05, 4.69) is 10.3 Å². The van der Waals surface area contributed by atoms with Crippen LogP contribution in [0, 0.1) is 0 Å². The highest BCUT2D eigenvalue weighted by Gasteiger charge is 2.39. The molecule has 0 spiro atoms. The monoisotopic (exact) mass is 299 g/mol. The number of aliphatic imine (C=N–C) groups is 1. The van der Waals surface area contributed by atoms with E-state index in [0.29, 0.717) is 18.8 Å². The summed E-state index contributed by atoms with van der Waals surface area (Å²) in [5.41, 5.74) is 0.883. The van der Waals surface area contributed by atoms with Crippen molar-refractivity contribution in [3.8, 4) is 0 Å². The maximum atomic E-state index is 12.2. The molecule has 1 saturated heterocycles. The van der Waals surface area contributed by atoms with Crippen molar-refractivity contribution in [1.29, 1.82) is 0 Å². The molecule has 0 atom stereocenters. The van der Waals surface area contributed by atoms with E-state index in [0.717, 1.165) is 31.2 Å². The van der Waals surface area contributed by atoms with Crippen molar-refractivity contribution < 1.29 is 14.4 Å². The van der Waals surface area contributed by atoms with Gasteiger partial charge in [-0.05, 0) is 18.9 Å². The third kappa shape index (κ3) is 2.31. The minimum absolute atomic E-state index is 0.419. The van der Waals surface area contributed by atoms with Gasteiger partial charge < -0.3 is 10.2 Å². The van der Waals surface area contributed by atoms with E-state index in [1.165, 1.54) is 4.90 Å². The molecule has 3 rings (SSSR count). The second-order valence-electron chi connectivity index (χ2n) is 5.67. The van der Waals surface area contributed by atoms with Crippen LogP contribution in [0.4, 0.5) is 5.69 Å². The summed E-state index contributed by atoms with van der Waals surface area (Å²) in [6.07, 6.45) is 5.17. The van der Waals surface area contributed by atoms with Gasteiger partial charge in [0.15, 0.2) is 0 Å². The number of piperazine rings is 1. The van der Waals surface area contributed by atoms with Crippen molar-refractivity contribution in [3.63, 3.8) is 0 Å². The number of benzene rings is 1. The third-order valence-corrected chi connectivity index (χ3v) is 4.45. The van der Waals surface area contributed by atoms with Gasteiger partial charge in [-0.15, -0.1) is 0 Å². The Morgan fingerprint density at radius 2 is 1.91 bits per heavy atom. The zero-order valence-electron chi connectivity index (χ0n) is 12.2. The van der Waals surface area contributed by atoms with Crippen molar-refractivity contribution in [3.05, 3.63) is 29.8 Å². The Bertz CT molecular complexity index is 658. The number of para-hydroxylation sites is 1. The summed E-state index contributed by atoms with van der Waals surface area (Å²) in [6.45, 7) is 0.839. The highest BCUT2D eigenvalue weighted by molar-refractivity contribution is 6.41. The average Bonchev–Trinajstić information content (AvgIpc) is 3.00. The molecule has 114 valence electrons. The smallest absolute Gasteiger partial charge is 0.316 e. The number of carbonyl (C=O) groups is 2. The van der Waals surface area contributed by atoms with Crippen LogP contribution in [-0.4, -0.2) is 31.0 Å². The lowest BCUT2D eigenvalue weighted by Crippen LogP contribution is -2.52. The van der Waals surface area contributed by atoms with Gasteiger partial charge in [0.1, 0.15) is 5.54 Å². The van der Waals surface area contributed by atoms with Crippen LogP contribution in [0.15, 0.2) is 29.3 Å². The number of hydrogen-bond acceptors (Lipinski definition) is 4. The zero-order chi connectivity index (χ0) is 15.6. The summed E-state index contributed by atoms with van der Waals surface area (Å²) in [7, 11) is 0. The molecule has 0 unspecified atom stereocenters. The molecule has 0 radical (unpaired) electrons. The number of isocyanates is 1. The first-order valence-electron chi connectivity index (χ1n) is 7.46. The number of rotatable bonds is 3. The van der Waals surface area contributed by atoms with Gasteiger partial charge in [-0.2, -0.15) is 4.99 Å². The SMILES string of the molecule is O=C=NC1(c2ccccc2N2CCNC(=O)C2=O)CCCC1. The van der Waals surface area contributed by atoms with Gasteiger partial charge in [-0.25, -0.2) is 4.79 Å². The molecule has 1 heterocycles. The third-order valence-electron chi connectivity index (χ3n) is 4.45. The predicted molar refractivity (Wildman–Crippen MR) is 80.1 cm³/mol. The Morgan fingerprint density at radius 3 is 2.64 bits per heavy atom. The number of carbonyl (C=O) groups excluding carboxylic acids is 3. The average molecular weight is 299 g/mol. The molecule has 1 aromatic carbocycles. The summed E-state index contributed by atoms with van der Waals surface area (Å²) >= 11 is 0. The predicted octanol–water partition coefficient (Wildman–Crippen LogP) is 1.25. The van der Waals surface area contributed by atoms with Gasteiger partial charge in [-0.3, -0.25) is 9.59 Å². The summed E-state index contributed by atoms with van der Waals surface area (Å²) in [5, 5.41) is 2.54. The Morgan fingerprint density at radius 1 is 1.18 bits per heavy atom. The van der Waals surface area contributed by atoms with Crippen LogP contribution < -0.4 is 10.2 Å². The number of nitrogens with one attached hydrogen (secondary N) is 1. The van der Waals surface area contributed by atoms with Crippen LogP contribution in [-0.2, 0) is 19.9 Å². The lowest BCUT2D eigenvalue weighted by atomic mass is 9.87. The van der Waals surface area contributed by atoms with Crippen LogP contribution in [0.1, 0.15) is 31.2 Å². The van der Waals surface area contributed by atoms with Gasteiger partial charge in [-0.1, -0.05) is 31.0 Å². The highest BCUT2D eigenvalue weighted by atomic mass is 16.2. The van der Waals surface area contributed by atoms with Crippen molar-refractivity contribution in [2.45, 2.75) is 31.2 Å². The molecule has 6 heteroatoms. The second-order valence-corrected chi connectivity index (χ2v) is 5.67. The molecule has 0 bridgehead atoms. The van der Waals surface area contributed by atoms with Crippen molar-refractivity contribution in [1.82, 2.24) is 5.32 Å². The fourth-order valence-corrected chi connectivity index (χ4v) is 3.40. The van der Waals surface area contributed by atoms with Gasteiger partial charge in [0.25, 0.3) is 0 Å². The molecular weight excluding hydrogens is 282 g/mol. The minimum atomic E-state index is -0.619. The van der Waals surface area contributed by atoms with Crippen LogP contribution in [0.2, 0.25) is 0 Å². The van der Waals surface area contributed by atoms with E-state index in [-0.39, 0.29) is 0 Å². The molecule has 2 aliphatic rings. The molecule has 2 fully saturated rings. The fourth-order valence-electron chi connectivity index (χ4n) is 3.40. The largest absolute Gasteiger partial charge is 0.346 e. The summed E-state index contributed by atoms with van der Waals surface area (Å²) in [6, 6.07) is 7.40. The Labute approximate surface area is 128 Å². The topological polar surface area (TPSA) is 78.8 Å². The first-order valence-corrected chi connectivity index (χ1v) is 7.46. The van der Waals surface area contributed by atoms with Crippen molar-refractivity contribution in [2.24, 2.45) is 4.99 Å². The first kappa shape index (κ1) is 14.5. The maximum Gasteiger partial charge on any atom is 0.316 e. The van der Waals surface area contributed by atoms with Crippen LogP contribution >= 0.6 is 0 Å². The lowest BCUT2D eigenvalue weighted by Gasteiger charge is -2.32. The molecule has 1 saturated carbocycles. The van der Waals surface area contributed by atoms with Crippen molar-refractivity contribution in [2.75, 3.05) is 18.0 Å². The molecule has 22 heavy (non-hydrogen) atoms. The summed E-state index contributed by atoms with van der Waals surface area (Å²) < 4.78 is 0. The summed E-state index contributed by atoms with van der Waals surface area (Å²) in [4.78, 5) is 40.3. The number of anilines is 1. The number of hydrogen-bond donors (Lipinski definition) is 1. The molecule has 1 aromatic rings. The Hall–Kier alpha value is -2.46. The molecule has 1 aliphatic heterocycles. The van der Waals surface area contributed by atoms with E-state index >= 15 is 0 Å². The molecule has 1 aliphatic carbocycles. The Kier molecular flexibility index (Phi) is 3.77. The summed E-state index contributed by atoms with van der Waals surface area (Å²) in [5.74, 6) is -1.16. The first-order chi connectivity index (χ1) is 10.7. The van der Waals surface area contributed by atoms with E-state index in [1.54, 1.807) is 6.08 Å². The molecule has 0 aromatic heterocycles. The standard InChI is InChI=1S/C16H17N3O3/c20-11-18-16(7-3-4-8-16)12-5-1-2-6-13(12)19-10-9-17-14(21)15(19)22/h1-2,5-6H,3-4,7-10H2,(H,17,21). The van der Waals surface area contributed by atoms with E-state index in [1.807, 2.05) is 24.3 Å². The zero-order valence-corrected chi connectivity index (χ0v) is 12.2. The molecular formula is C16H17N3O3. The molecule has 1 N–H and O–H groups in total. The van der Waals surface area contributed by atoms with E-state index < -0.39 is 17.4 Å². The van der Waals surface area contributed by atoms with E-state index in [4.69, 9.17) is 0 Å².